The fourth-order valence-corrected chi connectivity index (χ4v) is 1.99. The van der Waals surface area contributed by atoms with Gasteiger partial charge in [-0.15, -0.1) is 0 Å². The van der Waals surface area contributed by atoms with Gasteiger partial charge in [0.15, 0.2) is 0 Å². The fourth-order valence-electron chi connectivity index (χ4n) is 1.99. The summed E-state index contributed by atoms with van der Waals surface area (Å²) >= 11 is 0. The Kier molecular flexibility index (Phi) is 6.11. The standard InChI is InChI=1S/C17H19N3O3/c21-16(8-9-17(22)23)20-15-7-6-14(12-19-15)18-11-10-13-4-2-1-3-5-13/h1-7,12,18H,8-11H2,(H,22,23)(H,19,20,21). The van der Waals surface area contributed by atoms with Crippen LogP contribution in [0.5, 0.6) is 0 Å². The van der Waals surface area contributed by atoms with Crippen molar-refractivity contribution in [1.29, 1.82) is 0 Å². The molecule has 3 N–H and O–H groups in total. The lowest BCUT2D eigenvalue weighted by Gasteiger charge is -2.08. The Bertz CT molecular complexity index is 642. The van der Waals surface area contributed by atoms with Crippen molar-refractivity contribution in [1.82, 2.24) is 4.98 Å². The van der Waals surface area contributed by atoms with Crippen LogP contribution in [-0.2, 0) is 16.0 Å². The second-order valence-corrected chi connectivity index (χ2v) is 5.04. The third-order valence-corrected chi connectivity index (χ3v) is 3.18. The Balaban J connectivity index is 1.75. The summed E-state index contributed by atoms with van der Waals surface area (Å²) in [6.45, 7) is 0.788. The molecule has 0 aliphatic heterocycles. The number of carbonyl (C=O) groups excluding carboxylic acids is 1. The van der Waals surface area contributed by atoms with Crippen LogP contribution in [0.15, 0.2) is 48.7 Å². The van der Waals surface area contributed by atoms with Gasteiger partial charge in [0.25, 0.3) is 0 Å². The Morgan fingerprint density at radius 2 is 1.83 bits per heavy atom. The summed E-state index contributed by atoms with van der Waals surface area (Å²) in [7, 11) is 0. The molecular weight excluding hydrogens is 294 g/mol. The van der Waals surface area contributed by atoms with Crippen molar-refractivity contribution in [3.8, 4) is 0 Å². The van der Waals surface area contributed by atoms with Crippen molar-refractivity contribution in [2.75, 3.05) is 17.2 Å². The average molecular weight is 313 g/mol. The molecule has 0 unspecified atom stereocenters. The number of anilines is 2. The molecule has 0 fully saturated rings. The Morgan fingerprint density at radius 1 is 1.04 bits per heavy atom. The first-order valence-electron chi connectivity index (χ1n) is 7.39. The van der Waals surface area contributed by atoms with Crippen LogP contribution in [0, 0.1) is 0 Å². The number of aliphatic carboxylic acids is 1. The topological polar surface area (TPSA) is 91.3 Å². The monoisotopic (exact) mass is 313 g/mol. The van der Waals surface area contributed by atoms with Gasteiger partial charge < -0.3 is 15.7 Å². The summed E-state index contributed by atoms with van der Waals surface area (Å²) < 4.78 is 0. The molecule has 0 bridgehead atoms. The molecule has 1 aromatic heterocycles. The minimum Gasteiger partial charge on any atom is -0.481 e. The van der Waals surface area contributed by atoms with E-state index in [4.69, 9.17) is 5.11 Å². The first-order valence-corrected chi connectivity index (χ1v) is 7.39. The first-order chi connectivity index (χ1) is 11.1. The van der Waals surface area contributed by atoms with E-state index in [1.807, 2.05) is 24.3 Å². The van der Waals surface area contributed by atoms with Crippen LogP contribution in [-0.4, -0.2) is 28.5 Å². The predicted molar refractivity (Wildman–Crippen MR) is 88.4 cm³/mol. The van der Waals surface area contributed by atoms with Gasteiger partial charge in [-0.1, -0.05) is 30.3 Å². The van der Waals surface area contributed by atoms with Crippen molar-refractivity contribution < 1.29 is 14.7 Å². The van der Waals surface area contributed by atoms with Gasteiger partial charge in [0.1, 0.15) is 5.82 Å². The number of benzene rings is 1. The number of carbonyl (C=O) groups is 2. The van der Waals surface area contributed by atoms with E-state index < -0.39 is 5.97 Å². The van der Waals surface area contributed by atoms with Crippen molar-refractivity contribution in [2.45, 2.75) is 19.3 Å². The van der Waals surface area contributed by atoms with Crippen LogP contribution in [0.1, 0.15) is 18.4 Å². The van der Waals surface area contributed by atoms with E-state index in [1.54, 1.807) is 12.3 Å². The molecule has 6 nitrogen and oxygen atoms in total. The number of nitrogens with zero attached hydrogens (tertiary/aromatic N) is 1. The van der Waals surface area contributed by atoms with Gasteiger partial charge in [0.05, 0.1) is 18.3 Å². The van der Waals surface area contributed by atoms with Crippen molar-refractivity contribution in [3.05, 3.63) is 54.2 Å². The second-order valence-electron chi connectivity index (χ2n) is 5.04. The molecule has 0 aliphatic carbocycles. The molecule has 0 atom stereocenters. The summed E-state index contributed by atoms with van der Waals surface area (Å²) in [5.41, 5.74) is 2.12. The SMILES string of the molecule is O=C(O)CCC(=O)Nc1ccc(NCCc2ccccc2)cn1. The van der Waals surface area contributed by atoms with E-state index in [0.29, 0.717) is 5.82 Å². The molecule has 23 heavy (non-hydrogen) atoms. The summed E-state index contributed by atoms with van der Waals surface area (Å²) in [6.07, 6.45) is 2.30. The molecule has 1 amide bonds. The smallest absolute Gasteiger partial charge is 0.303 e. The molecule has 1 heterocycles. The lowest BCUT2D eigenvalue weighted by atomic mass is 10.1. The van der Waals surface area contributed by atoms with E-state index in [2.05, 4.69) is 27.8 Å². The van der Waals surface area contributed by atoms with E-state index in [0.717, 1.165) is 18.7 Å². The predicted octanol–water partition coefficient (Wildman–Crippen LogP) is 2.54. The molecule has 0 saturated heterocycles. The van der Waals surface area contributed by atoms with Crippen molar-refractivity contribution in [2.24, 2.45) is 0 Å². The molecule has 2 rings (SSSR count). The highest BCUT2D eigenvalue weighted by atomic mass is 16.4. The number of carboxylic acid groups (broad SMARTS) is 1. The van der Waals surface area contributed by atoms with E-state index >= 15 is 0 Å². The lowest BCUT2D eigenvalue weighted by Crippen LogP contribution is -2.14. The zero-order chi connectivity index (χ0) is 16.5. The van der Waals surface area contributed by atoms with Crippen LogP contribution >= 0.6 is 0 Å². The largest absolute Gasteiger partial charge is 0.481 e. The van der Waals surface area contributed by atoms with E-state index in [9.17, 15) is 9.59 Å². The third-order valence-electron chi connectivity index (χ3n) is 3.18. The Labute approximate surface area is 134 Å². The summed E-state index contributed by atoms with van der Waals surface area (Å²) in [5.74, 6) is -0.940. The van der Waals surface area contributed by atoms with E-state index in [-0.39, 0.29) is 18.7 Å². The molecule has 0 radical (unpaired) electrons. The maximum absolute atomic E-state index is 11.5. The number of carboxylic acids is 1. The summed E-state index contributed by atoms with van der Waals surface area (Å²) in [4.78, 5) is 26.0. The molecule has 6 heteroatoms. The molecule has 0 spiro atoms. The maximum Gasteiger partial charge on any atom is 0.303 e. The fraction of sp³-hybridized carbons (Fsp3) is 0.235. The third kappa shape index (κ3) is 6.17. The van der Waals surface area contributed by atoms with Crippen LogP contribution in [0.3, 0.4) is 0 Å². The molecule has 120 valence electrons. The number of hydrogen-bond donors (Lipinski definition) is 3. The first kappa shape index (κ1) is 16.5. The molecule has 2 aromatic rings. The van der Waals surface area contributed by atoms with Crippen LogP contribution < -0.4 is 10.6 Å². The Morgan fingerprint density at radius 3 is 2.48 bits per heavy atom. The highest BCUT2D eigenvalue weighted by Crippen LogP contribution is 2.10. The van der Waals surface area contributed by atoms with Gasteiger partial charge in [0, 0.05) is 13.0 Å². The maximum atomic E-state index is 11.5. The number of hydrogen-bond acceptors (Lipinski definition) is 4. The molecular formula is C17H19N3O3. The van der Waals surface area contributed by atoms with Crippen molar-refractivity contribution in [3.63, 3.8) is 0 Å². The number of aromatic nitrogens is 1. The molecule has 0 saturated carbocycles. The van der Waals surface area contributed by atoms with E-state index in [1.165, 1.54) is 5.56 Å². The molecule has 0 aliphatic rings. The van der Waals surface area contributed by atoms with Crippen molar-refractivity contribution >= 4 is 23.4 Å². The normalized spacial score (nSPS) is 10.1. The van der Waals surface area contributed by atoms with Gasteiger partial charge in [0.2, 0.25) is 5.91 Å². The number of nitrogens with one attached hydrogen (secondary N) is 2. The average Bonchev–Trinajstić information content (AvgIpc) is 2.56. The van der Waals surface area contributed by atoms with Gasteiger partial charge in [-0.05, 0) is 24.1 Å². The summed E-state index contributed by atoms with van der Waals surface area (Å²) in [5, 5.41) is 14.4. The number of pyridine rings is 1. The quantitative estimate of drug-likeness (QED) is 0.696. The van der Waals surface area contributed by atoms with Gasteiger partial charge in [-0.25, -0.2) is 4.98 Å². The van der Waals surface area contributed by atoms with Gasteiger partial charge in [-0.3, -0.25) is 9.59 Å². The zero-order valence-corrected chi connectivity index (χ0v) is 12.7. The zero-order valence-electron chi connectivity index (χ0n) is 12.7. The molecule has 1 aromatic carbocycles. The number of amides is 1. The Hall–Kier alpha value is -2.89. The van der Waals surface area contributed by atoms with Gasteiger partial charge >= 0.3 is 5.97 Å². The lowest BCUT2D eigenvalue weighted by molar-refractivity contribution is -0.138. The highest BCUT2D eigenvalue weighted by Gasteiger charge is 2.06. The van der Waals surface area contributed by atoms with Crippen LogP contribution in [0.25, 0.3) is 0 Å². The van der Waals surface area contributed by atoms with Crippen LogP contribution in [0.4, 0.5) is 11.5 Å². The summed E-state index contributed by atoms with van der Waals surface area (Å²) in [6, 6.07) is 13.7. The van der Waals surface area contributed by atoms with Gasteiger partial charge in [-0.2, -0.15) is 0 Å². The second kappa shape index (κ2) is 8.53. The minimum atomic E-state index is -0.994. The number of rotatable bonds is 8. The minimum absolute atomic E-state index is 0.0614. The highest BCUT2D eigenvalue weighted by molar-refractivity contribution is 5.91. The van der Waals surface area contributed by atoms with Crippen LogP contribution in [0.2, 0.25) is 0 Å².